The lowest BCUT2D eigenvalue weighted by atomic mass is 10.4. The Balaban J connectivity index is 2.19. The van der Waals surface area contributed by atoms with E-state index in [-0.39, 0.29) is 5.02 Å². The van der Waals surface area contributed by atoms with Crippen LogP contribution in [0.5, 0.6) is 0 Å². The van der Waals surface area contributed by atoms with Crippen LogP contribution in [0.25, 0.3) is 0 Å². The number of hydrogen-bond acceptors (Lipinski definition) is 3. The van der Waals surface area contributed by atoms with Gasteiger partial charge in [0, 0.05) is 41.6 Å². The van der Waals surface area contributed by atoms with E-state index in [4.69, 9.17) is 11.6 Å². The van der Waals surface area contributed by atoms with Gasteiger partial charge in [-0.25, -0.2) is 9.37 Å². The van der Waals surface area contributed by atoms with Crippen LogP contribution in [0.15, 0.2) is 12.3 Å². The molecule has 1 aliphatic rings. The van der Waals surface area contributed by atoms with E-state index in [1.165, 1.54) is 12.3 Å². The molecule has 1 saturated heterocycles. The number of nitrogens with zero attached hydrogens (tertiary/aromatic N) is 2. The first-order valence-electron chi connectivity index (χ1n) is 4.58. The van der Waals surface area contributed by atoms with Crippen molar-refractivity contribution in [1.29, 1.82) is 0 Å². The third kappa shape index (κ3) is 2.46. The fourth-order valence-corrected chi connectivity index (χ4v) is 2.69. The third-order valence-electron chi connectivity index (χ3n) is 2.27. The van der Waals surface area contributed by atoms with Crippen LogP contribution in [0.2, 0.25) is 5.02 Å². The zero-order chi connectivity index (χ0) is 10.8. The summed E-state index contributed by atoms with van der Waals surface area (Å²) in [6.07, 6.45) is 1.42. The molecule has 1 aromatic rings. The van der Waals surface area contributed by atoms with Gasteiger partial charge in [-0.15, -0.1) is 0 Å². The van der Waals surface area contributed by atoms with E-state index in [2.05, 4.69) is 4.98 Å². The van der Waals surface area contributed by atoms with E-state index >= 15 is 0 Å². The SMILES string of the molecule is O=S1CCN(c2ncc(Cl)cc2F)CC1. The quantitative estimate of drug-likeness (QED) is 0.754. The first-order chi connectivity index (χ1) is 7.16. The lowest BCUT2D eigenvalue weighted by Gasteiger charge is -2.27. The van der Waals surface area contributed by atoms with Crippen molar-refractivity contribution in [1.82, 2.24) is 4.98 Å². The molecule has 0 amide bonds. The molecule has 2 rings (SSSR count). The van der Waals surface area contributed by atoms with E-state index in [9.17, 15) is 8.60 Å². The molecule has 0 unspecified atom stereocenters. The van der Waals surface area contributed by atoms with Crippen molar-refractivity contribution in [2.45, 2.75) is 0 Å². The highest BCUT2D eigenvalue weighted by molar-refractivity contribution is 7.85. The molecule has 1 aliphatic heterocycles. The van der Waals surface area contributed by atoms with Gasteiger partial charge in [0.25, 0.3) is 0 Å². The van der Waals surface area contributed by atoms with E-state index in [0.29, 0.717) is 30.4 Å². The normalized spacial score (nSPS) is 18.1. The van der Waals surface area contributed by atoms with Crippen molar-refractivity contribution in [2.75, 3.05) is 29.5 Å². The largest absolute Gasteiger partial charge is 0.352 e. The molecule has 6 heteroatoms. The maximum Gasteiger partial charge on any atom is 0.167 e. The molecule has 3 nitrogen and oxygen atoms in total. The van der Waals surface area contributed by atoms with Crippen molar-refractivity contribution in [3.63, 3.8) is 0 Å². The summed E-state index contributed by atoms with van der Waals surface area (Å²) in [5.74, 6) is 1.03. The van der Waals surface area contributed by atoms with Crippen LogP contribution in [-0.4, -0.2) is 33.8 Å². The molecule has 2 heterocycles. The summed E-state index contributed by atoms with van der Waals surface area (Å²) in [6.45, 7) is 1.16. The second kappa shape index (κ2) is 4.45. The van der Waals surface area contributed by atoms with Crippen LogP contribution >= 0.6 is 11.6 Å². The Morgan fingerprint density at radius 3 is 2.73 bits per heavy atom. The summed E-state index contributed by atoms with van der Waals surface area (Å²) in [5.41, 5.74) is 0. The van der Waals surface area contributed by atoms with Crippen LogP contribution in [0.3, 0.4) is 0 Å². The Morgan fingerprint density at radius 1 is 1.47 bits per heavy atom. The Bertz CT molecular complexity index is 392. The van der Waals surface area contributed by atoms with Gasteiger partial charge in [0.2, 0.25) is 0 Å². The standard InChI is InChI=1S/C9H10ClFN2OS/c10-7-5-8(11)9(12-6-7)13-1-3-15(14)4-2-13/h5-6H,1-4H2. The minimum Gasteiger partial charge on any atom is -0.352 e. The second-order valence-corrected chi connectivity index (χ2v) is 5.43. The lowest BCUT2D eigenvalue weighted by Crippen LogP contribution is -2.38. The van der Waals surface area contributed by atoms with Gasteiger partial charge in [0.15, 0.2) is 11.6 Å². The van der Waals surface area contributed by atoms with Crippen molar-refractivity contribution in [2.24, 2.45) is 0 Å². The van der Waals surface area contributed by atoms with Crippen molar-refractivity contribution < 1.29 is 8.60 Å². The van der Waals surface area contributed by atoms with Crippen molar-refractivity contribution >= 4 is 28.2 Å². The molecule has 0 aromatic carbocycles. The first-order valence-corrected chi connectivity index (χ1v) is 6.44. The average molecular weight is 249 g/mol. The number of rotatable bonds is 1. The number of anilines is 1. The molecule has 15 heavy (non-hydrogen) atoms. The van der Waals surface area contributed by atoms with Gasteiger partial charge < -0.3 is 4.90 Å². The van der Waals surface area contributed by atoms with Crippen LogP contribution in [0.1, 0.15) is 0 Å². The molecule has 1 aromatic heterocycles. The minimum atomic E-state index is -0.764. The molecule has 0 radical (unpaired) electrons. The molecule has 0 saturated carbocycles. The smallest absolute Gasteiger partial charge is 0.167 e. The Labute approximate surface area is 94.7 Å². The number of aromatic nitrogens is 1. The van der Waals surface area contributed by atoms with Gasteiger partial charge in [0.05, 0.1) is 5.02 Å². The minimum absolute atomic E-state index is 0.289. The highest BCUT2D eigenvalue weighted by atomic mass is 35.5. The highest BCUT2D eigenvalue weighted by Gasteiger charge is 2.19. The molecule has 1 fully saturated rings. The zero-order valence-corrected chi connectivity index (χ0v) is 9.52. The van der Waals surface area contributed by atoms with E-state index in [1.54, 1.807) is 4.90 Å². The summed E-state index contributed by atoms with van der Waals surface area (Å²) in [7, 11) is -0.764. The van der Waals surface area contributed by atoms with E-state index in [0.717, 1.165) is 0 Å². The summed E-state index contributed by atoms with van der Waals surface area (Å²) in [4.78, 5) is 5.75. The topological polar surface area (TPSA) is 33.2 Å². The van der Waals surface area contributed by atoms with Crippen LogP contribution in [0, 0.1) is 5.82 Å². The Hall–Kier alpha value is -0.680. The molecule has 0 bridgehead atoms. The molecule has 0 atom stereocenters. The predicted octanol–water partition coefficient (Wildman–Crippen LogP) is 1.44. The molecular weight excluding hydrogens is 239 g/mol. The summed E-state index contributed by atoms with van der Waals surface area (Å²) >= 11 is 5.61. The zero-order valence-electron chi connectivity index (χ0n) is 7.95. The van der Waals surface area contributed by atoms with Gasteiger partial charge in [-0.1, -0.05) is 11.6 Å². The fraction of sp³-hybridized carbons (Fsp3) is 0.444. The summed E-state index contributed by atoms with van der Waals surface area (Å²) in [6, 6.07) is 1.25. The molecule has 0 N–H and O–H groups in total. The number of hydrogen-bond donors (Lipinski definition) is 0. The maximum absolute atomic E-state index is 13.5. The number of halogens is 2. The number of pyridine rings is 1. The maximum atomic E-state index is 13.5. The molecular formula is C9H10ClFN2OS. The van der Waals surface area contributed by atoms with E-state index < -0.39 is 16.6 Å². The van der Waals surface area contributed by atoms with Crippen LogP contribution in [0.4, 0.5) is 10.2 Å². The average Bonchev–Trinajstić information content (AvgIpc) is 2.20. The monoisotopic (exact) mass is 248 g/mol. The van der Waals surface area contributed by atoms with Gasteiger partial charge >= 0.3 is 0 Å². The van der Waals surface area contributed by atoms with Gasteiger partial charge in [-0.05, 0) is 6.07 Å². The van der Waals surface area contributed by atoms with Crippen LogP contribution < -0.4 is 4.90 Å². The van der Waals surface area contributed by atoms with E-state index in [1.807, 2.05) is 0 Å². The van der Waals surface area contributed by atoms with Crippen molar-refractivity contribution in [3.05, 3.63) is 23.1 Å². The van der Waals surface area contributed by atoms with Crippen molar-refractivity contribution in [3.8, 4) is 0 Å². The van der Waals surface area contributed by atoms with Gasteiger partial charge in [-0.3, -0.25) is 4.21 Å². The highest BCUT2D eigenvalue weighted by Crippen LogP contribution is 2.20. The molecule has 0 spiro atoms. The van der Waals surface area contributed by atoms with Gasteiger partial charge in [-0.2, -0.15) is 0 Å². The summed E-state index contributed by atoms with van der Waals surface area (Å²) < 4.78 is 24.6. The Kier molecular flexibility index (Phi) is 3.21. The fourth-order valence-electron chi connectivity index (χ4n) is 1.49. The predicted molar refractivity (Wildman–Crippen MR) is 59.3 cm³/mol. The Morgan fingerprint density at radius 2 is 2.13 bits per heavy atom. The molecule has 82 valence electrons. The van der Waals surface area contributed by atoms with Gasteiger partial charge in [0.1, 0.15) is 0 Å². The first kappa shape index (κ1) is 10.8. The third-order valence-corrected chi connectivity index (χ3v) is 3.75. The molecule has 0 aliphatic carbocycles. The van der Waals surface area contributed by atoms with Crippen LogP contribution in [-0.2, 0) is 10.8 Å². The summed E-state index contributed by atoms with van der Waals surface area (Å²) in [5, 5.41) is 0.289. The lowest BCUT2D eigenvalue weighted by molar-refractivity contribution is 0.609. The second-order valence-electron chi connectivity index (χ2n) is 3.29.